The Morgan fingerprint density at radius 2 is 1.67 bits per heavy atom. The summed E-state index contributed by atoms with van der Waals surface area (Å²) in [5.74, 6) is 1.14. The fourth-order valence-electron chi connectivity index (χ4n) is 3.08. The third kappa shape index (κ3) is 4.72. The van der Waals surface area contributed by atoms with Gasteiger partial charge in [-0.05, 0) is 19.1 Å². The van der Waals surface area contributed by atoms with E-state index in [1.807, 2.05) is 49.9 Å². The van der Waals surface area contributed by atoms with Gasteiger partial charge in [-0.1, -0.05) is 31.5 Å². The van der Waals surface area contributed by atoms with Gasteiger partial charge in [0.1, 0.15) is 0 Å². The van der Waals surface area contributed by atoms with Crippen LogP contribution in [0.15, 0.2) is 28.7 Å². The highest BCUT2D eigenvalue weighted by molar-refractivity contribution is 5.79. The topological polar surface area (TPSA) is 79.5 Å². The third-order valence-corrected chi connectivity index (χ3v) is 4.76. The van der Waals surface area contributed by atoms with Gasteiger partial charge >= 0.3 is 0 Å². The maximum Gasteiger partial charge on any atom is 0.247 e. The summed E-state index contributed by atoms with van der Waals surface area (Å²) >= 11 is 0. The highest BCUT2D eigenvalue weighted by atomic mass is 16.4. The minimum Gasteiger partial charge on any atom is -0.421 e. The van der Waals surface area contributed by atoms with Crippen molar-refractivity contribution in [3.8, 4) is 11.5 Å². The second-order valence-electron chi connectivity index (χ2n) is 7.23. The largest absolute Gasteiger partial charge is 0.421 e. The van der Waals surface area contributed by atoms with Crippen LogP contribution in [0.2, 0.25) is 0 Å². The lowest BCUT2D eigenvalue weighted by atomic mass is 10.1. The molecule has 1 aromatic carbocycles. The number of hydrogen-bond acceptors (Lipinski definition) is 5. The fourth-order valence-corrected chi connectivity index (χ4v) is 3.08. The molecule has 1 fully saturated rings. The number of carbonyl (C=O) groups is 2. The van der Waals surface area contributed by atoms with Gasteiger partial charge < -0.3 is 14.2 Å². The Morgan fingerprint density at radius 1 is 1.04 bits per heavy atom. The first-order chi connectivity index (χ1) is 12.9. The van der Waals surface area contributed by atoms with Crippen LogP contribution in [0.3, 0.4) is 0 Å². The second-order valence-corrected chi connectivity index (χ2v) is 7.23. The molecule has 2 amide bonds. The van der Waals surface area contributed by atoms with Gasteiger partial charge in [-0.15, -0.1) is 10.2 Å². The van der Waals surface area contributed by atoms with E-state index in [1.165, 1.54) is 5.56 Å². The van der Waals surface area contributed by atoms with Crippen molar-refractivity contribution in [2.24, 2.45) is 5.92 Å². The van der Waals surface area contributed by atoms with E-state index in [1.54, 1.807) is 4.90 Å². The lowest BCUT2D eigenvalue weighted by Gasteiger charge is -2.35. The number of rotatable bonds is 5. The summed E-state index contributed by atoms with van der Waals surface area (Å²) in [6.07, 6.45) is 0.747. The Bertz CT molecular complexity index is 790. The number of piperazine rings is 1. The summed E-state index contributed by atoms with van der Waals surface area (Å²) in [7, 11) is 0. The van der Waals surface area contributed by atoms with Crippen LogP contribution in [0.4, 0.5) is 0 Å². The van der Waals surface area contributed by atoms with Gasteiger partial charge in [-0.3, -0.25) is 9.59 Å². The molecule has 0 aliphatic carbocycles. The average molecular weight is 370 g/mol. The maximum absolute atomic E-state index is 12.4. The van der Waals surface area contributed by atoms with E-state index in [0.29, 0.717) is 50.8 Å². The van der Waals surface area contributed by atoms with Crippen LogP contribution in [0.5, 0.6) is 0 Å². The van der Waals surface area contributed by atoms with Crippen molar-refractivity contribution in [2.75, 3.05) is 26.2 Å². The zero-order valence-electron chi connectivity index (χ0n) is 16.1. The lowest BCUT2D eigenvalue weighted by molar-refractivity contribution is -0.141. The molecule has 0 spiro atoms. The fraction of sp³-hybridized carbons (Fsp3) is 0.500. The molecule has 0 bridgehead atoms. The molecule has 0 radical (unpaired) electrons. The highest BCUT2D eigenvalue weighted by Gasteiger charge is 2.25. The van der Waals surface area contributed by atoms with Crippen molar-refractivity contribution in [3.63, 3.8) is 0 Å². The number of nitrogens with zero attached hydrogens (tertiary/aromatic N) is 4. The predicted octanol–water partition coefficient (Wildman–Crippen LogP) is 2.30. The summed E-state index contributed by atoms with van der Waals surface area (Å²) in [5.41, 5.74) is 2.04. The summed E-state index contributed by atoms with van der Waals surface area (Å²) in [5, 5.41) is 8.11. The van der Waals surface area contributed by atoms with Crippen molar-refractivity contribution < 1.29 is 14.0 Å². The summed E-state index contributed by atoms with van der Waals surface area (Å²) < 4.78 is 5.68. The smallest absolute Gasteiger partial charge is 0.247 e. The van der Waals surface area contributed by atoms with Crippen LogP contribution >= 0.6 is 0 Å². The van der Waals surface area contributed by atoms with Crippen LogP contribution in [0.1, 0.15) is 31.7 Å². The second kappa shape index (κ2) is 8.33. The summed E-state index contributed by atoms with van der Waals surface area (Å²) in [4.78, 5) is 28.1. The molecule has 0 unspecified atom stereocenters. The molecule has 2 aromatic rings. The van der Waals surface area contributed by atoms with E-state index < -0.39 is 0 Å². The number of aryl methyl sites for hydroxylation is 2. The van der Waals surface area contributed by atoms with Crippen molar-refractivity contribution in [3.05, 3.63) is 35.7 Å². The Kier molecular flexibility index (Phi) is 5.88. The molecule has 1 saturated heterocycles. The molecule has 1 aliphatic rings. The Morgan fingerprint density at radius 3 is 2.30 bits per heavy atom. The van der Waals surface area contributed by atoms with E-state index >= 15 is 0 Å². The van der Waals surface area contributed by atoms with Gasteiger partial charge in [0.05, 0.1) is 0 Å². The van der Waals surface area contributed by atoms with Crippen molar-refractivity contribution in [1.82, 2.24) is 20.0 Å². The van der Waals surface area contributed by atoms with E-state index in [4.69, 9.17) is 4.42 Å². The predicted molar refractivity (Wildman–Crippen MR) is 101 cm³/mol. The van der Waals surface area contributed by atoms with Gasteiger partial charge in [0.25, 0.3) is 0 Å². The van der Waals surface area contributed by atoms with E-state index in [9.17, 15) is 9.59 Å². The number of hydrogen-bond donors (Lipinski definition) is 0. The number of carbonyl (C=O) groups excluding carboxylic acids is 2. The number of benzene rings is 1. The molecule has 144 valence electrons. The Hall–Kier alpha value is -2.70. The summed E-state index contributed by atoms with van der Waals surface area (Å²) in [6.45, 7) is 8.17. The van der Waals surface area contributed by atoms with Gasteiger partial charge in [0.15, 0.2) is 0 Å². The zero-order valence-corrected chi connectivity index (χ0v) is 16.1. The third-order valence-electron chi connectivity index (χ3n) is 4.76. The molecular formula is C20H26N4O3. The molecule has 3 rings (SSSR count). The van der Waals surface area contributed by atoms with E-state index in [2.05, 4.69) is 10.2 Å². The van der Waals surface area contributed by atoms with Gasteiger partial charge in [0, 0.05) is 50.5 Å². The molecule has 0 atom stereocenters. The molecule has 7 nitrogen and oxygen atoms in total. The molecule has 0 saturated carbocycles. The average Bonchev–Trinajstić information content (AvgIpc) is 3.15. The Labute approximate surface area is 159 Å². The van der Waals surface area contributed by atoms with Crippen LogP contribution in [0, 0.1) is 12.8 Å². The first-order valence-corrected chi connectivity index (χ1v) is 9.40. The summed E-state index contributed by atoms with van der Waals surface area (Å²) in [6, 6.07) is 7.87. The minimum absolute atomic E-state index is 0.00694. The van der Waals surface area contributed by atoms with Gasteiger partial charge in [-0.2, -0.15) is 0 Å². The van der Waals surface area contributed by atoms with E-state index in [-0.39, 0.29) is 17.7 Å². The van der Waals surface area contributed by atoms with Crippen LogP contribution in [-0.2, 0) is 16.0 Å². The molecule has 1 aliphatic heterocycles. The normalized spacial score (nSPS) is 14.7. The first-order valence-electron chi connectivity index (χ1n) is 9.40. The lowest BCUT2D eigenvalue weighted by Crippen LogP contribution is -2.51. The maximum atomic E-state index is 12.4. The zero-order chi connectivity index (χ0) is 19.4. The van der Waals surface area contributed by atoms with Crippen molar-refractivity contribution in [2.45, 2.75) is 33.6 Å². The molecule has 0 N–H and O–H groups in total. The van der Waals surface area contributed by atoms with Gasteiger partial charge in [-0.25, -0.2) is 0 Å². The van der Waals surface area contributed by atoms with Crippen molar-refractivity contribution >= 4 is 11.8 Å². The van der Waals surface area contributed by atoms with E-state index in [0.717, 1.165) is 5.56 Å². The van der Waals surface area contributed by atoms with Crippen LogP contribution < -0.4 is 0 Å². The number of amides is 2. The molecule has 1 aromatic heterocycles. The van der Waals surface area contributed by atoms with Gasteiger partial charge in [0.2, 0.25) is 23.6 Å². The molecule has 27 heavy (non-hydrogen) atoms. The van der Waals surface area contributed by atoms with Crippen molar-refractivity contribution in [1.29, 1.82) is 0 Å². The standard InChI is InChI=1S/C20H26N4O3/c1-14(2)20(26)24-12-10-23(11-13-24)18(25)9-8-17-21-22-19(27-17)16-6-4-15(3)5-7-16/h4-7,14H,8-13H2,1-3H3. The Balaban J connectivity index is 1.49. The highest BCUT2D eigenvalue weighted by Crippen LogP contribution is 2.19. The molecule has 2 heterocycles. The first kappa shape index (κ1) is 19.1. The van der Waals surface area contributed by atoms with Crippen LogP contribution in [0.25, 0.3) is 11.5 Å². The minimum atomic E-state index is -0.00694. The SMILES string of the molecule is Cc1ccc(-c2nnc(CCC(=O)N3CCN(C(=O)C(C)C)CC3)o2)cc1. The molecular weight excluding hydrogens is 344 g/mol. The van der Waals surface area contributed by atoms with Crippen LogP contribution in [-0.4, -0.2) is 58.0 Å². The number of aromatic nitrogens is 2. The molecule has 7 heteroatoms. The quantitative estimate of drug-likeness (QED) is 0.807. The monoisotopic (exact) mass is 370 g/mol.